The van der Waals surface area contributed by atoms with E-state index in [-0.39, 0.29) is 11.0 Å². The molecule has 0 spiro atoms. The summed E-state index contributed by atoms with van der Waals surface area (Å²) in [5, 5.41) is 0. The molecule has 0 aromatic rings. The molecule has 0 aromatic heterocycles. The van der Waals surface area contributed by atoms with Gasteiger partial charge in [-0.25, -0.2) is 0 Å². The van der Waals surface area contributed by atoms with Gasteiger partial charge in [0, 0.05) is 0 Å². The third kappa shape index (κ3) is 2.91. The molecule has 3 fully saturated rings. The summed E-state index contributed by atoms with van der Waals surface area (Å²) in [7, 11) is 0. The number of fused-ring (bicyclic) bond motifs is 2. The largest absolute Gasteiger partial charge is 0.412 e. The molecule has 2 heteroatoms. The lowest BCUT2D eigenvalue weighted by Gasteiger charge is -2.39. The monoisotopic (exact) mass is 256 g/mol. The van der Waals surface area contributed by atoms with E-state index in [4.69, 9.17) is 0 Å². The minimum Gasteiger partial charge on any atom is -0.412 e. The molecular weight excluding hydrogens is 224 g/mol. The van der Waals surface area contributed by atoms with Gasteiger partial charge >= 0.3 is 0 Å². The zero-order valence-corrected chi connectivity index (χ0v) is 12.0. The zero-order valence-electron chi connectivity index (χ0n) is 12.0. The number of hydrogen-bond donors (Lipinski definition) is 0. The van der Waals surface area contributed by atoms with E-state index in [0.717, 1.165) is 29.6 Å². The van der Waals surface area contributed by atoms with E-state index < -0.39 is 0 Å². The fourth-order valence-electron chi connectivity index (χ4n) is 5.32. The van der Waals surface area contributed by atoms with E-state index in [1.54, 1.807) is 38.5 Å². The molecule has 0 bridgehead atoms. The normalized spacial score (nSPS) is 43.5. The molecule has 4 unspecified atom stereocenters. The molecular formula is C16H32O2. The number of hydrogen-bond acceptors (Lipinski definition) is 0. The molecule has 0 radical (unpaired) electrons. The average molecular weight is 256 g/mol. The van der Waals surface area contributed by atoms with E-state index in [1.165, 1.54) is 25.7 Å². The Hall–Kier alpha value is -0.0800. The van der Waals surface area contributed by atoms with Crippen molar-refractivity contribution in [3.63, 3.8) is 0 Å². The van der Waals surface area contributed by atoms with Crippen LogP contribution in [0.2, 0.25) is 0 Å². The fourth-order valence-corrected chi connectivity index (χ4v) is 5.32. The SMILES string of the molecule is CC1C2CCCCC2CCC2CCCCC21.O.O. The van der Waals surface area contributed by atoms with Crippen LogP contribution in [-0.4, -0.2) is 11.0 Å². The highest BCUT2D eigenvalue weighted by molar-refractivity contribution is 4.90. The first kappa shape index (κ1) is 16.0. The van der Waals surface area contributed by atoms with Crippen molar-refractivity contribution in [1.82, 2.24) is 0 Å². The minimum atomic E-state index is 0. The van der Waals surface area contributed by atoms with Crippen LogP contribution in [0.1, 0.15) is 71.1 Å². The topological polar surface area (TPSA) is 63.0 Å². The lowest BCUT2D eigenvalue weighted by molar-refractivity contribution is 0.106. The lowest BCUT2D eigenvalue weighted by Crippen LogP contribution is -2.31. The molecule has 3 aliphatic carbocycles. The van der Waals surface area contributed by atoms with Crippen LogP contribution in [-0.2, 0) is 0 Å². The maximum absolute atomic E-state index is 2.61. The van der Waals surface area contributed by atoms with Crippen molar-refractivity contribution in [1.29, 1.82) is 0 Å². The van der Waals surface area contributed by atoms with E-state index in [9.17, 15) is 0 Å². The van der Waals surface area contributed by atoms with E-state index in [2.05, 4.69) is 6.92 Å². The Labute approximate surface area is 112 Å². The Kier molecular flexibility index (Phi) is 6.13. The van der Waals surface area contributed by atoms with E-state index >= 15 is 0 Å². The van der Waals surface area contributed by atoms with Crippen molar-refractivity contribution in [3.8, 4) is 0 Å². The molecule has 108 valence electrons. The van der Waals surface area contributed by atoms with E-state index in [1.807, 2.05) is 0 Å². The summed E-state index contributed by atoms with van der Waals surface area (Å²) < 4.78 is 0. The highest BCUT2D eigenvalue weighted by Gasteiger charge is 2.40. The summed E-state index contributed by atoms with van der Waals surface area (Å²) in [6.07, 6.45) is 15.5. The van der Waals surface area contributed by atoms with Crippen LogP contribution < -0.4 is 0 Å². The fraction of sp³-hybridized carbons (Fsp3) is 1.00. The van der Waals surface area contributed by atoms with Gasteiger partial charge in [-0.2, -0.15) is 0 Å². The van der Waals surface area contributed by atoms with Crippen LogP contribution in [0.5, 0.6) is 0 Å². The lowest BCUT2D eigenvalue weighted by atomic mass is 9.66. The van der Waals surface area contributed by atoms with Gasteiger partial charge in [0.2, 0.25) is 0 Å². The summed E-state index contributed by atoms with van der Waals surface area (Å²) >= 11 is 0. The third-order valence-corrected chi connectivity index (χ3v) is 6.19. The van der Waals surface area contributed by atoms with Crippen molar-refractivity contribution in [2.45, 2.75) is 71.1 Å². The van der Waals surface area contributed by atoms with Gasteiger partial charge in [0.05, 0.1) is 0 Å². The van der Waals surface area contributed by atoms with Crippen molar-refractivity contribution in [3.05, 3.63) is 0 Å². The molecule has 0 heterocycles. The maximum atomic E-state index is 2.61. The van der Waals surface area contributed by atoms with Gasteiger partial charge in [0.25, 0.3) is 0 Å². The van der Waals surface area contributed by atoms with Gasteiger partial charge in [0.1, 0.15) is 0 Å². The first-order chi connectivity index (χ1) is 7.86. The van der Waals surface area contributed by atoms with Crippen molar-refractivity contribution in [2.24, 2.45) is 29.6 Å². The molecule has 4 N–H and O–H groups in total. The minimum absolute atomic E-state index is 0. The molecule has 18 heavy (non-hydrogen) atoms. The summed E-state index contributed by atoms with van der Waals surface area (Å²) in [6.45, 7) is 2.61. The van der Waals surface area contributed by atoms with Gasteiger partial charge in [0.15, 0.2) is 0 Å². The molecule has 3 saturated carbocycles. The molecule has 4 atom stereocenters. The van der Waals surface area contributed by atoms with Crippen LogP contribution in [0, 0.1) is 29.6 Å². The second kappa shape index (κ2) is 6.91. The standard InChI is InChI=1S/C16H28.2H2O/c1-12-15-8-4-2-6-13(15)10-11-14-7-3-5-9-16(12)14;;/h12-16H,2-11H2,1H3;2*1H2. The average Bonchev–Trinajstić information content (AvgIpc) is 2.49. The second-order valence-corrected chi connectivity index (χ2v) is 6.85. The van der Waals surface area contributed by atoms with Crippen molar-refractivity contribution < 1.29 is 11.0 Å². The van der Waals surface area contributed by atoms with Crippen molar-refractivity contribution in [2.75, 3.05) is 0 Å². The molecule has 3 aliphatic rings. The van der Waals surface area contributed by atoms with Crippen LogP contribution in [0.25, 0.3) is 0 Å². The molecule has 0 amide bonds. The Balaban J connectivity index is 0.000000810. The summed E-state index contributed by atoms with van der Waals surface area (Å²) in [5.74, 6) is 5.52. The Morgan fingerprint density at radius 2 is 0.944 bits per heavy atom. The smallest absolute Gasteiger partial charge is 0.0357 e. The summed E-state index contributed by atoms with van der Waals surface area (Å²) in [6, 6.07) is 0. The zero-order chi connectivity index (χ0) is 11.0. The van der Waals surface area contributed by atoms with Crippen LogP contribution >= 0.6 is 0 Å². The van der Waals surface area contributed by atoms with Gasteiger partial charge in [-0.15, -0.1) is 0 Å². The first-order valence-corrected chi connectivity index (χ1v) is 7.86. The maximum Gasteiger partial charge on any atom is -0.0357 e. The summed E-state index contributed by atoms with van der Waals surface area (Å²) in [4.78, 5) is 0. The predicted octanol–water partition coefficient (Wildman–Crippen LogP) is 3.38. The predicted molar refractivity (Wildman–Crippen MR) is 76.5 cm³/mol. The highest BCUT2D eigenvalue weighted by atomic mass is 16.0. The van der Waals surface area contributed by atoms with Crippen LogP contribution in [0.3, 0.4) is 0 Å². The molecule has 3 rings (SSSR count). The quantitative estimate of drug-likeness (QED) is 0.638. The van der Waals surface area contributed by atoms with Gasteiger partial charge in [-0.1, -0.05) is 45.4 Å². The molecule has 0 aromatic carbocycles. The highest BCUT2D eigenvalue weighted by Crippen LogP contribution is 2.50. The first-order valence-electron chi connectivity index (χ1n) is 7.86. The summed E-state index contributed by atoms with van der Waals surface area (Å²) in [5.41, 5.74) is 0. The Morgan fingerprint density at radius 3 is 1.39 bits per heavy atom. The van der Waals surface area contributed by atoms with Gasteiger partial charge in [-0.3, -0.25) is 0 Å². The Morgan fingerprint density at radius 1 is 0.556 bits per heavy atom. The second-order valence-electron chi connectivity index (χ2n) is 6.85. The van der Waals surface area contributed by atoms with E-state index in [0.29, 0.717) is 0 Å². The van der Waals surface area contributed by atoms with Crippen molar-refractivity contribution >= 4 is 0 Å². The number of rotatable bonds is 0. The third-order valence-electron chi connectivity index (χ3n) is 6.19. The molecule has 0 saturated heterocycles. The van der Waals surface area contributed by atoms with Crippen LogP contribution in [0.15, 0.2) is 0 Å². The molecule has 2 nitrogen and oxygen atoms in total. The van der Waals surface area contributed by atoms with Gasteiger partial charge in [-0.05, 0) is 55.3 Å². The Bertz CT molecular complexity index is 217. The molecule has 0 aliphatic heterocycles. The van der Waals surface area contributed by atoms with Gasteiger partial charge < -0.3 is 11.0 Å². The van der Waals surface area contributed by atoms with Crippen LogP contribution in [0.4, 0.5) is 0 Å².